The molecule has 0 bridgehead atoms. The van der Waals surface area contributed by atoms with E-state index in [4.69, 9.17) is 4.74 Å². The number of rotatable bonds is 6. The third-order valence-corrected chi connectivity index (χ3v) is 6.94. The minimum absolute atomic E-state index is 0.0852. The molecule has 5 rings (SSSR count). The lowest BCUT2D eigenvalue weighted by molar-refractivity contribution is -0.138. The van der Waals surface area contributed by atoms with E-state index >= 15 is 0 Å². The third kappa shape index (κ3) is 5.27. The summed E-state index contributed by atoms with van der Waals surface area (Å²) in [4.78, 5) is 1.78. The van der Waals surface area contributed by atoms with Gasteiger partial charge < -0.3 is 15.0 Å². The monoisotopic (exact) mass is 508 g/mol. The normalized spacial score (nSPS) is 16.4. The van der Waals surface area contributed by atoms with Crippen LogP contribution in [0.25, 0.3) is 10.8 Å². The van der Waals surface area contributed by atoms with Crippen LogP contribution in [0.3, 0.4) is 0 Å². The highest BCUT2D eigenvalue weighted by molar-refractivity contribution is 5.86. The second-order valence-electron chi connectivity index (χ2n) is 9.49. The van der Waals surface area contributed by atoms with E-state index in [9.17, 15) is 17.6 Å². The smallest absolute Gasteiger partial charge is 0.416 e. The van der Waals surface area contributed by atoms with Crippen LogP contribution >= 0.6 is 0 Å². The highest BCUT2D eigenvalue weighted by atomic mass is 19.4. The largest absolute Gasteiger partial charge is 0.486 e. The lowest BCUT2D eigenvalue weighted by Gasteiger charge is -2.37. The van der Waals surface area contributed by atoms with Crippen LogP contribution in [0.1, 0.15) is 36.1 Å². The standard InChI is InChI=1S/C30H28F4N2O/c1-19-10-12-23(17-27(19)30(32,33)34)36-18-24(37-29-16-22(31)11-13-28(29)36)14-15-35-20(2)25-9-5-7-21-6-3-4-8-26(21)25/h3-13,16-17,20,24,35H,14-15,18H2,1-2H3/t20-,24?/m1/s1. The van der Waals surface area contributed by atoms with Gasteiger partial charge in [-0.15, -0.1) is 0 Å². The Labute approximate surface area is 213 Å². The summed E-state index contributed by atoms with van der Waals surface area (Å²) < 4.78 is 60.9. The summed E-state index contributed by atoms with van der Waals surface area (Å²) in [6, 6.07) is 23.0. The molecule has 1 N–H and O–H groups in total. The van der Waals surface area contributed by atoms with Gasteiger partial charge in [-0.05, 0) is 73.0 Å². The van der Waals surface area contributed by atoms with Gasteiger partial charge in [-0.1, -0.05) is 48.5 Å². The predicted octanol–water partition coefficient (Wildman–Crippen LogP) is 7.95. The van der Waals surface area contributed by atoms with Crippen molar-refractivity contribution in [3.8, 4) is 5.75 Å². The van der Waals surface area contributed by atoms with Crippen molar-refractivity contribution >= 4 is 22.1 Å². The quantitative estimate of drug-likeness (QED) is 0.268. The Bertz CT molecular complexity index is 1410. The number of halogens is 4. The van der Waals surface area contributed by atoms with E-state index in [0.29, 0.717) is 36.6 Å². The van der Waals surface area contributed by atoms with E-state index in [1.165, 1.54) is 41.5 Å². The van der Waals surface area contributed by atoms with Gasteiger partial charge in [0.15, 0.2) is 0 Å². The molecule has 2 atom stereocenters. The summed E-state index contributed by atoms with van der Waals surface area (Å²) >= 11 is 0. The number of anilines is 2. The molecule has 0 spiro atoms. The summed E-state index contributed by atoms with van der Waals surface area (Å²) in [7, 11) is 0. The van der Waals surface area contributed by atoms with E-state index in [2.05, 4.69) is 36.5 Å². The van der Waals surface area contributed by atoms with Crippen LogP contribution < -0.4 is 15.0 Å². The Balaban J connectivity index is 1.35. The summed E-state index contributed by atoms with van der Waals surface area (Å²) in [5.41, 5.74) is 1.62. The first-order chi connectivity index (χ1) is 17.7. The molecule has 1 aliphatic heterocycles. The number of aryl methyl sites for hydroxylation is 1. The molecule has 0 aliphatic carbocycles. The van der Waals surface area contributed by atoms with Crippen LogP contribution in [-0.2, 0) is 6.18 Å². The Morgan fingerprint density at radius 3 is 2.59 bits per heavy atom. The van der Waals surface area contributed by atoms with Gasteiger partial charge in [0.25, 0.3) is 0 Å². The number of alkyl halides is 3. The van der Waals surface area contributed by atoms with Crippen LogP contribution in [0.15, 0.2) is 78.9 Å². The molecule has 1 heterocycles. The van der Waals surface area contributed by atoms with E-state index < -0.39 is 17.6 Å². The van der Waals surface area contributed by atoms with E-state index in [-0.39, 0.29) is 17.7 Å². The van der Waals surface area contributed by atoms with Crippen LogP contribution in [0, 0.1) is 12.7 Å². The second kappa shape index (κ2) is 10.1. The first-order valence-electron chi connectivity index (χ1n) is 12.3. The van der Waals surface area contributed by atoms with E-state index in [0.717, 1.165) is 6.07 Å². The van der Waals surface area contributed by atoms with Crippen molar-refractivity contribution in [2.24, 2.45) is 0 Å². The summed E-state index contributed by atoms with van der Waals surface area (Å²) in [6.07, 6.45) is -4.20. The number of hydrogen-bond donors (Lipinski definition) is 1. The molecule has 3 nitrogen and oxygen atoms in total. The zero-order valence-corrected chi connectivity index (χ0v) is 20.6. The minimum Gasteiger partial charge on any atom is -0.486 e. The molecule has 7 heteroatoms. The molecule has 4 aromatic rings. The Morgan fingerprint density at radius 2 is 1.78 bits per heavy atom. The maximum atomic E-state index is 14.0. The Kier molecular flexibility index (Phi) is 6.82. The van der Waals surface area contributed by atoms with Gasteiger partial charge in [-0.3, -0.25) is 0 Å². The first-order valence-corrected chi connectivity index (χ1v) is 12.3. The summed E-state index contributed by atoms with van der Waals surface area (Å²) in [6.45, 7) is 4.52. The van der Waals surface area contributed by atoms with Gasteiger partial charge in [-0.25, -0.2) is 4.39 Å². The average molecular weight is 509 g/mol. The second-order valence-corrected chi connectivity index (χ2v) is 9.49. The molecule has 0 amide bonds. The van der Waals surface area contributed by atoms with Crippen molar-refractivity contribution in [1.29, 1.82) is 0 Å². The minimum atomic E-state index is -4.46. The number of fused-ring (bicyclic) bond motifs is 2. The lowest BCUT2D eigenvalue weighted by atomic mass is 9.99. The van der Waals surface area contributed by atoms with Crippen molar-refractivity contribution in [3.05, 3.63) is 101 Å². The molecular formula is C30H28F4N2O. The fourth-order valence-electron chi connectivity index (χ4n) is 5.00. The highest BCUT2D eigenvalue weighted by Crippen LogP contribution is 2.41. The van der Waals surface area contributed by atoms with E-state index in [1.807, 2.05) is 18.2 Å². The zero-order valence-electron chi connectivity index (χ0n) is 20.6. The third-order valence-electron chi connectivity index (χ3n) is 6.94. The van der Waals surface area contributed by atoms with Gasteiger partial charge >= 0.3 is 6.18 Å². The number of benzene rings is 4. The molecule has 0 radical (unpaired) electrons. The fraction of sp³-hybridized carbons (Fsp3) is 0.267. The average Bonchev–Trinajstić information content (AvgIpc) is 2.87. The fourth-order valence-corrected chi connectivity index (χ4v) is 5.00. The van der Waals surface area contributed by atoms with Crippen LogP contribution in [-0.4, -0.2) is 19.2 Å². The molecule has 37 heavy (non-hydrogen) atoms. The molecular weight excluding hydrogens is 480 g/mol. The zero-order chi connectivity index (χ0) is 26.2. The molecule has 192 valence electrons. The number of nitrogens with one attached hydrogen (secondary N) is 1. The van der Waals surface area contributed by atoms with E-state index in [1.54, 1.807) is 17.0 Å². The predicted molar refractivity (Wildman–Crippen MR) is 139 cm³/mol. The van der Waals surface area contributed by atoms with Crippen molar-refractivity contribution in [2.75, 3.05) is 18.0 Å². The SMILES string of the molecule is Cc1ccc(N2CC(CCN[C@H](C)c3cccc4ccccc34)Oc3cc(F)ccc32)cc1C(F)(F)F. The molecule has 0 fully saturated rings. The van der Waals surface area contributed by atoms with Crippen molar-refractivity contribution in [2.45, 2.75) is 38.6 Å². The van der Waals surface area contributed by atoms with Crippen LogP contribution in [0.5, 0.6) is 5.75 Å². The Morgan fingerprint density at radius 1 is 1.00 bits per heavy atom. The Hall–Kier alpha value is -3.58. The topological polar surface area (TPSA) is 24.5 Å². The van der Waals surface area contributed by atoms with Crippen LogP contribution in [0.4, 0.5) is 28.9 Å². The van der Waals surface area contributed by atoms with Crippen molar-refractivity contribution in [3.63, 3.8) is 0 Å². The van der Waals surface area contributed by atoms with Gasteiger partial charge in [0.1, 0.15) is 17.7 Å². The summed E-state index contributed by atoms with van der Waals surface area (Å²) in [5.74, 6) is -0.130. The number of hydrogen-bond acceptors (Lipinski definition) is 3. The maximum absolute atomic E-state index is 14.0. The van der Waals surface area contributed by atoms with Gasteiger partial charge in [-0.2, -0.15) is 13.2 Å². The van der Waals surface area contributed by atoms with Gasteiger partial charge in [0.05, 0.1) is 17.8 Å². The number of nitrogens with zero attached hydrogens (tertiary/aromatic N) is 1. The van der Waals surface area contributed by atoms with Gasteiger partial charge in [0.2, 0.25) is 0 Å². The maximum Gasteiger partial charge on any atom is 0.416 e. The lowest BCUT2D eigenvalue weighted by Crippen LogP contribution is -2.39. The van der Waals surface area contributed by atoms with Crippen LogP contribution in [0.2, 0.25) is 0 Å². The first kappa shape index (κ1) is 25.1. The van der Waals surface area contributed by atoms with Crippen molar-refractivity contribution < 1.29 is 22.3 Å². The molecule has 1 aliphatic rings. The van der Waals surface area contributed by atoms with Crippen molar-refractivity contribution in [1.82, 2.24) is 5.32 Å². The highest BCUT2D eigenvalue weighted by Gasteiger charge is 2.34. The molecule has 0 aromatic heterocycles. The molecule has 0 saturated heterocycles. The molecule has 0 saturated carbocycles. The molecule has 4 aromatic carbocycles. The van der Waals surface area contributed by atoms with Gasteiger partial charge in [0, 0.05) is 17.8 Å². The molecule has 1 unspecified atom stereocenters. The number of ether oxygens (including phenoxy) is 1. The summed E-state index contributed by atoms with van der Waals surface area (Å²) in [5, 5.41) is 5.91.